The summed E-state index contributed by atoms with van der Waals surface area (Å²) in [6.45, 7) is 4.46. The molecule has 0 fully saturated rings. The van der Waals surface area contributed by atoms with Crippen molar-refractivity contribution < 1.29 is 14.3 Å². The zero-order valence-corrected chi connectivity index (χ0v) is 23.6. The fourth-order valence-electron chi connectivity index (χ4n) is 4.46. The van der Waals surface area contributed by atoms with E-state index in [1.54, 1.807) is 23.3 Å². The highest BCUT2D eigenvalue weighted by atomic mass is 32.2. The summed E-state index contributed by atoms with van der Waals surface area (Å²) in [5.41, 5.74) is 3.29. The largest absolute Gasteiger partial charge is 0.494 e. The molecule has 0 N–H and O–H groups in total. The van der Waals surface area contributed by atoms with Gasteiger partial charge >= 0.3 is 5.97 Å². The van der Waals surface area contributed by atoms with E-state index in [9.17, 15) is 9.59 Å². The first-order valence-electron chi connectivity index (χ1n) is 12.6. The minimum absolute atomic E-state index is 0.136. The number of allylic oxidation sites excluding steroid dienone is 1. The Hall–Kier alpha value is -3.88. The third-order valence-electron chi connectivity index (χ3n) is 6.37. The highest BCUT2D eigenvalue weighted by molar-refractivity contribution is 7.98. The van der Waals surface area contributed by atoms with Gasteiger partial charge in [-0.15, -0.1) is 11.8 Å². The van der Waals surface area contributed by atoms with Gasteiger partial charge < -0.3 is 9.47 Å². The molecule has 8 heteroatoms. The van der Waals surface area contributed by atoms with E-state index in [1.807, 2.05) is 98.1 Å². The van der Waals surface area contributed by atoms with Crippen molar-refractivity contribution in [3.8, 4) is 5.75 Å². The molecule has 39 heavy (non-hydrogen) atoms. The zero-order chi connectivity index (χ0) is 27.4. The van der Waals surface area contributed by atoms with E-state index < -0.39 is 12.0 Å². The molecule has 0 saturated carbocycles. The van der Waals surface area contributed by atoms with Gasteiger partial charge in [0.25, 0.3) is 5.56 Å². The second-order valence-corrected chi connectivity index (χ2v) is 10.8. The van der Waals surface area contributed by atoms with Crippen molar-refractivity contribution in [2.45, 2.75) is 31.4 Å². The first kappa shape index (κ1) is 26.7. The van der Waals surface area contributed by atoms with Crippen LogP contribution in [0.1, 0.15) is 36.6 Å². The average Bonchev–Trinajstić information content (AvgIpc) is 3.26. The lowest BCUT2D eigenvalue weighted by atomic mass is 9.96. The van der Waals surface area contributed by atoms with Crippen LogP contribution in [-0.4, -0.2) is 23.4 Å². The fourth-order valence-corrected chi connectivity index (χ4v) is 5.92. The molecule has 1 aliphatic heterocycles. The number of esters is 1. The monoisotopic (exact) mass is 556 g/mol. The summed E-state index contributed by atoms with van der Waals surface area (Å²) in [4.78, 5) is 33.7. The van der Waals surface area contributed by atoms with E-state index in [4.69, 9.17) is 14.5 Å². The van der Waals surface area contributed by atoms with Crippen molar-refractivity contribution in [2.75, 3.05) is 12.9 Å². The van der Waals surface area contributed by atoms with Crippen LogP contribution < -0.4 is 19.6 Å². The number of hydrogen-bond acceptors (Lipinski definition) is 7. The first-order valence-corrected chi connectivity index (χ1v) is 14.6. The molecule has 1 aromatic heterocycles. The van der Waals surface area contributed by atoms with E-state index >= 15 is 0 Å². The van der Waals surface area contributed by atoms with Crippen molar-refractivity contribution >= 4 is 35.1 Å². The molecule has 3 aromatic carbocycles. The maximum atomic E-state index is 13.8. The van der Waals surface area contributed by atoms with Crippen molar-refractivity contribution in [3.63, 3.8) is 0 Å². The summed E-state index contributed by atoms with van der Waals surface area (Å²) in [5.74, 6) is 0.291. The molecule has 4 aromatic rings. The van der Waals surface area contributed by atoms with Crippen molar-refractivity contribution in [2.24, 2.45) is 4.99 Å². The zero-order valence-electron chi connectivity index (χ0n) is 21.9. The van der Waals surface area contributed by atoms with Crippen molar-refractivity contribution in [1.29, 1.82) is 0 Å². The molecular formula is C31H28N2O4S2. The molecule has 0 amide bonds. The lowest BCUT2D eigenvalue weighted by molar-refractivity contribution is -0.140. The molecule has 198 valence electrons. The van der Waals surface area contributed by atoms with Gasteiger partial charge in [-0.25, -0.2) is 9.79 Å². The van der Waals surface area contributed by atoms with Gasteiger partial charge in [-0.2, -0.15) is 0 Å². The third kappa shape index (κ3) is 5.77. The molecular weight excluding hydrogens is 528 g/mol. The number of aromatic nitrogens is 1. The molecule has 0 spiro atoms. The molecule has 1 aliphatic rings. The van der Waals surface area contributed by atoms with Gasteiger partial charge in [0.2, 0.25) is 0 Å². The minimum atomic E-state index is -0.650. The van der Waals surface area contributed by atoms with Crippen LogP contribution in [0.25, 0.3) is 6.08 Å². The van der Waals surface area contributed by atoms with E-state index in [0.29, 0.717) is 27.2 Å². The standard InChI is InChI=1S/C31H28N2O4S2/c1-4-36-24-14-10-21(11-15-24)18-26-29(34)33-28(23-12-16-25(38-3)17-13-23)27(20(2)32-31(33)39-26)30(35)37-19-22-8-6-5-7-9-22/h5-18,28H,4,19H2,1-3H3. The molecule has 2 heterocycles. The van der Waals surface area contributed by atoms with Crippen LogP contribution in [0.2, 0.25) is 0 Å². The highest BCUT2D eigenvalue weighted by Crippen LogP contribution is 2.32. The Labute approximate surface area is 235 Å². The van der Waals surface area contributed by atoms with Crippen LogP contribution in [0.5, 0.6) is 5.75 Å². The van der Waals surface area contributed by atoms with E-state index in [-0.39, 0.29) is 12.2 Å². The fraction of sp³-hybridized carbons (Fsp3) is 0.194. The van der Waals surface area contributed by atoms with Gasteiger partial charge in [-0.1, -0.05) is 65.9 Å². The Morgan fingerprint density at radius 1 is 1.05 bits per heavy atom. The number of fused-ring (bicyclic) bond motifs is 1. The summed E-state index contributed by atoms with van der Waals surface area (Å²) in [6, 6.07) is 24.4. The highest BCUT2D eigenvalue weighted by Gasteiger charge is 2.33. The Balaban J connectivity index is 1.58. The molecule has 0 aliphatic carbocycles. The van der Waals surface area contributed by atoms with Gasteiger partial charge in [-0.3, -0.25) is 9.36 Å². The van der Waals surface area contributed by atoms with Crippen molar-refractivity contribution in [1.82, 2.24) is 4.57 Å². The number of thiazole rings is 1. The quantitative estimate of drug-likeness (QED) is 0.223. The van der Waals surface area contributed by atoms with E-state index in [1.165, 1.54) is 11.3 Å². The molecule has 5 rings (SSSR count). The number of carbonyl (C=O) groups excluding carboxylic acids is 1. The summed E-state index contributed by atoms with van der Waals surface area (Å²) >= 11 is 2.94. The van der Waals surface area contributed by atoms with Crippen LogP contribution in [0.15, 0.2) is 105 Å². The first-order chi connectivity index (χ1) is 19.0. The molecule has 0 radical (unpaired) electrons. The molecule has 1 unspecified atom stereocenters. The summed E-state index contributed by atoms with van der Waals surface area (Å²) in [7, 11) is 0. The van der Waals surface area contributed by atoms with E-state index in [0.717, 1.165) is 27.3 Å². The number of nitrogens with zero attached hydrogens (tertiary/aromatic N) is 2. The number of benzene rings is 3. The summed E-state index contributed by atoms with van der Waals surface area (Å²) in [6.07, 6.45) is 3.86. The number of ether oxygens (including phenoxy) is 2. The summed E-state index contributed by atoms with van der Waals surface area (Å²) < 4.78 is 13.4. The second-order valence-electron chi connectivity index (χ2n) is 8.92. The minimum Gasteiger partial charge on any atom is -0.494 e. The number of thioether (sulfide) groups is 1. The Bertz CT molecular complexity index is 1690. The molecule has 6 nitrogen and oxygen atoms in total. The van der Waals surface area contributed by atoms with Crippen LogP contribution in [0.4, 0.5) is 0 Å². The van der Waals surface area contributed by atoms with Crippen LogP contribution in [-0.2, 0) is 16.1 Å². The third-order valence-corrected chi connectivity index (χ3v) is 8.10. The number of carbonyl (C=O) groups is 1. The molecule has 0 bridgehead atoms. The maximum Gasteiger partial charge on any atom is 0.338 e. The lowest BCUT2D eigenvalue weighted by Gasteiger charge is -2.25. The SMILES string of the molecule is CCOc1ccc(C=c2sc3n(c2=O)C(c2ccc(SC)cc2)C(C(=O)OCc2ccccc2)=C(C)N=3)cc1. The maximum absolute atomic E-state index is 13.8. The van der Waals surface area contributed by atoms with Gasteiger partial charge in [0.15, 0.2) is 4.80 Å². The van der Waals surface area contributed by atoms with Gasteiger partial charge in [0.05, 0.1) is 28.5 Å². The topological polar surface area (TPSA) is 69.9 Å². The summed E-state index contributed by atoms with van der Waals surface area (Å²) in [5, 5.41) is 0. The Morgan fingerprint density at radius 3 is 2.44 bits per heavy atom. The Kier molecular flexibility index (Phi) is 8.14. The molecule has 1 atom stereocenters. The van der Waals surface area contributed by atoms with Crippen molar-refractivity contribution in [3.05, 3.63) is 127 Å². The predicted octanol–water partition coefficient (Wildman–Crippen LogP) is 5.10. The second kappa shape index (κ2) is 11.9. The van der Waals surface area contributed by atoms with Gasteiger partial charge in [-0.05, 0) is 67.1 Å². The van der Waals surface area contributed by atoms with Crippen LogP contribution in [0.3, 0.4) is 0 Å². The van der Waals surface area contributed by atoms with Gasteiger partial charge in [0.1, 0.15) is 12.4 Å². The van der Waals surface area contributed by atoms with Crippen LogP contribution in [0, 0.1) is 0 Å². The lowest BCUT2D eigenvalue weighted by Crippen LogP contribution is -2.39. The normalized spacial score (nSPS) is 15.1. The number of rotatable bonds is 8. The smallest absolute Gasteiger partial charge is 0.338 e. The average molecular weight is 557 g/mol. The van der Waals surface area contributed by atoms with Gasteiger partial charge in [0, 0.05) is 4.90 Å². The van der Waals surface area contributed by atoms with Crippen LogP contribution >= 0.6 is 23.1 Å². The predicted molar refractivity (Wildman–Crippen MR) is 156 cm³/mol. The number of hydrogen-bond donors (Lipinski definition) is 0. The van der Waals surface area contributed by atoms with E-state index in [2.05, 4.69) is 0 Å². The molecule has 0 saturated heterocycles. The Morgan fingerprint density at radius 2 is 1.77 bits per heavy atom.